The summed E-state index contributed by atoms with van der Waals surface area (Å²) in [7, 11) is 0. The summed E-state index contributed by atoms with van der Waals surface area (Å²) in [5.41, 5.74) is 4.64. The Kier molecular flexibility index (Phi) is 5.44. The van der Waals surface area contributed by atoms with Gasteiger partial charge in [-0.15, -0.1) is 0 Å². The number of hydrogen-bond donors (Lipinski definition) is 1. The zero-order valence-electron chi connectivity index (χ0n) is 18.0. The topological polar surface area (TPSA) is 86.1 Å². The fourth-order valence-electron chi connectivity index (χ4n) is 4.01. The number of esters is 1. The molecule has 164 valence electrons. The average molecular weight is 438 g/mol. The third kappa shape index (κ3) is 4.25. The van der Waals surface area contributed by atoms with Gasteiger partial charge < -0.3 is 10.1 Å². The number of rotatable bonds is 5. The summed E-state index contributed by atoms with van der Waals surface area (Å²) in [4.78, 5) is 29.4. The normalized spacial score (nSPS) is 15.9. The van der Waals surface area contributed by atoms with Crippen molar-refractivity contribution in [3.63, 3.8) is 0 Å². The molecule has 0 spiro atoms. The minimum Gasteiger partial charge on any atom is -0.454 e. The maximum atomic E-state index is 13.0. The Morgan fingerprint density at radius 3 is 2.61 bits per heavy atom. The summed E-state index contributed by atoms with van der Waals surface area (Å²) >= 11 is 0. The maximum Gasteiger partial charge on any atom is 0.339 e. The van der Waals surface area contributed by atoms with Crippen molar-refractivity contribution in [3.8, 4) is 5.69 Å². The monoisotopic (exact) mass is 438 g/mol. The fourth-order valence-corrected chi connectivity index (χ4v) is 4.01. The SMILES string of the molecule is C[C@H](NC(=O)c1ccc2c(c1)C[C@H](c1ccccc1)OC2=O)c1ccc(-n2cncn2)cc1. The lowest BCUT2D eigenvalue weighted by atomic mass is 9.93. The number of benzene rings is 3. The Hall–Kier alpha value is -4.26. The van der Waals surface area contributed by atoms with Crippen LogP contribution in [0.3, 0.4) is 0 Å². The van der Waals surface area contributed by atoms with E-state index in [1.807, 2.05) is 61.5 Å². The summed E-state index contributed by atoms with van der Waals surface area (Å²) in [6.07, 6.45) is 3.30. The maximum absolute atomic E-state index is 13.0. The van der Waals surface area contributed by atoms with E-state index >= 15 is 0 Å². The first kappa shape index (κ1) is 20.6. The molecule has 1 aliphatic rings. The molecule has 0 aliphatic carbocycles. The highest BCUT2D eigenvalue weighted by atomic mass is 16.5. The van der Waals surface area contributed by atoms with E-state index in [0.29, 0.717) is 17.5 Å². The van der Waals surface area contributed by atoms with Gasteiger partial charge in [0.25, 0.3) is 5.91 Å². The molecule has 5 rings (SSSR count). The van der Waals surface area contributed by atoms with E-state index in [9.17, 15) is 9.59 Å². The van der Waals surface area contributed by atoms with Crippen molar-refractivity contribution < 1.29 is 14.3 Å². The minimum absolute atomic E-state index is 0.194. The Bertz CT molecular complexity index is 1290. The zero-order chi connectivity index (χ0) is 22.8. The Morgan fingerprint density at radius 1 is 1.09 bits per heavy atom. The lowest BCUT2D eigenvalue weighted by Crippen LogP contribution is -2.28. The number of fused-ring (bicyclic) bond motifs is 1. The van der Waals surface area contributed by atoms with Crippen LogP contribution in [0.15, 0.2) is 85.5 Å². The molecule has 1 N–H and O–H groups in total. The van der Waals surface area contributed by atoms with Crippen LogP contribution in [0.4, 0.5) is 0 Å². The molecule has 0 bridgehead atoms. The summed E-state index contributed by atoms with van der Waals surface area (Å²) in [6.45, 7) is 1.93. The molecule has 3 aromatic carbocycles. The summed E-state index contributed by atoms with van der Waals surface area (Å²) in [6, 6.07) is 22.3. The van der Waals surface area contributed by atoms with Crippen LogP contribution in [0, 0.1) is 0 Å². The third-order valence-electron chi connectivity index (χ3n) is 5.84. The number of nitrogens with one attached hydrogen (secondary N) is 1. The van der Waals surface area contributed by atoms with Crippen LogP contribution in [0.25, 0.3) is 5.69 Å². The summed E-state index contributed by atoms with van der Waals surface area (Å²) in [5, 5.41) is 7.15. The standard InChI is InChI=1S/C26H22N4O3/c1-17(18-7-10-22(11-8-18)30-16-27-15-28-30)29-25(31)20-9-12-23-21(13-20)14-24(33-26(23)32)19-5-3-2-4-6-19/h2-13,15-17,24H,14H2,1H3,(H,29,31)/t17-,24+/m0/s1. The molecule has 0 radical (unpaired) electrons. The van der Waals surface area contributed by atoms with Crippen molar-refractivity contribution in [2.75, 3.05) is 0 Å². The molecule has 33 heavy (non-hydrogen) atoms. The van der Waals surface area contributed by atoms with Gasteiger partial charge in [-0.3, -0.25) is 4.79 Å². The van der Waals surface area contributed by atoms with E-state index in [0.717, 1.165) is 22.4 Å². The fraction of sp³-hybridized carbons (Fsp3) is 0.154. The van der Waals surface area contributed by atoms with Crippen LogP contribution >= 0.6 is 0 Å². The number of cyclic esters (lactones) is 1. The number of amides is 1. The largest absolute Gasteiger partial charge is 0.454 e. The molecule has 2 heterocycles. The van der Waals surface area contributed by atoms with E-state index in [1.54, 1.807) is 29.2 Å². The average Bonchev–Trinajstić information content (AvgIpc) is 3.39. The van der Waals surface area contributed by atoms with Gasteiger partial charge in [-0.2, -0.15) is 5.10 Å². The summed E-state index contributed by atoms with van der Waals surface area (Å²) in [5.74, 6) is -0.557. The van der Waals surface area contributed by atoms with E-state index in [1.165, 1.54) is 6.33 Å². The van der Waals surface area contributed by atoms with Crippen molar-refractivity contribution in [1.82, 2.24) is 20.1 Å². The molecular formula is C26H22N4O3. The molecule has 7 heteroatoms. The van der Waals surface area contributed by atoms with Gasteiger partial charge in [-0.05, 0) is 53.9 Å². The van der Waals surface area contributed by atoms with Gasteiger partial charge in [0.05, 0.1) is 17.3 Å². The number of nitrogens with zero attached hydrogens (tertiary/aromatic N) is 3. The number of carbonyl (C=O) groups is 2. The highest BCUT2D eigenvalue weighted by Crippen LogP contribution is 2.31. The first-order chi connectivity index (χ1) is 16.1. The molecule has 1 amide bonds. The highest BCUT2D eigenvalue weighted by molar-refractivity contribution is 5.98. The lowest BCUT2D eigenvalue weighted by Gasteiger charge is -2.25. The Labute approximate surface area is 191 Å². The van der Waals surface area contributed by atoms with Crippen molar-refractivity contribution in [2.24, 2.45) is 0 Å². The number of ether oxygens (including phenoxy) is 1. The second kappa shape index (κ2) is 8.70. The van der Waals surface area contributed by atoms with E-state index in [2.05, 4.69) is 15.4 Å². The predicted octanol–water partition coefficient (Wildman–Crippen LogP) is 4.21. The van der Waals surface area contributed by atoms with Crippen molar-refractivity contribution >= 4 is 11.9 Å². The van der Waals surface area contributed by atoms with Crippen LogP contribution in [-0.4, -0.2) is 26.6 Å². The second-order valence-electron chi connectivity index (χ2n) is 8.01. The van der Waals surface area contributed by atoms with Gasteiger partial charge in [-0.1, -0.05) is 42.5 Å². The van der Waals surface area contributed by atoms with Gasteiger partial charge in [-0.25, -0.2) is 14.5 Å². The molecule has 7 nitrogen and oxygen atoms in total. The van der Waals surface area contributed by atoms with Crippen LogP contribution in [0.1, 0.15) is 56.5 Å². The first-order valence-electron chi connectivity index (χ1n) is 10.7. The van der Waals surface area contributed by atoms with Crippen LogP contribution < -0.4 is 5.32 Å². The Balaban J connectivity index is 1.31. The van der Waals surface area contributed by atoms with Crippen LogP contribution in [0.5, 0.6) is 0 Å². The van der Waals surface area contributed by atoms with Gasteiger partial charge in [0.2, 0.25) is 0 Å². The lowest BCUT2D eigenvalue weighted by molar-refractivity contribution is 0.0252. The highest BCUT2D eigenvalue weighted by Gasteiger charge is 2.28. The number of aromatic nitrogens is 3. The van der Waals surface area contributed by atoms with E-state index in [4.69, 9.17) is 4.74 Å². The quantitative estimate of drug-likeness (QED) is 0.472. The number of carbonyl (C=O) groups excluding carboxylic acids is 2. The van der Waals surface area contributed by atoms with Gasteiger partial charge in [0.1, 0.15) is 18.8 Å². The predicted molar refractivity (Wildman–Crippen MR) is 122 cm³/mol. The molecule has 2 atom stereocenters. The van der Waals surface area contributed by atoms with Gasteiger partial charge in [0, 0.05) is 12.0 Å². The van der Waals surface area contributed by atoms with E-state index in [-0.39, 0.29) is 24.0 Å². The van der Waals surface area contributed by atoms with Crippen LogP contribution in [0.2, 0.25) is 0 Å². The molecule has 0 unspecified atom stereocenters. The molecule has 4 aromatic rings. The molecule has 1 aliphatic heterocycles. The van der Waals surface area contributed by atoms with Crippen LogP contribution in [-0.2, 0) is 11.2 Å². The van der Waals surface area contributed by atoms with Gasteiger partial charge >= 0.3 is 5.97 Å². The molecular weight excluding hydrogens is 416 g/mol. The van der Waals surface area contributed by atoms with Crippen molar-refractivity contribution in [1.29, 1.82) is 0 Å². The van der Waals surface area contributed by atoms with Gasteiger partial charge in [0.15, 0.2) is 0 Å². The minimum atomic E-state index is -0.363. The molecule has 0 saturated carbocycles. The first-order valence-corrected chi connectivity index (χ1v) is 10.7. The van der Waals surface area contributed by atoms with Crippen molar-refractivity contribution in [3.05, 3.63) is 113 Å². The molecule has 0 saturated heterocycles. The van der Waals surface area contributed by atoms with E-state index < -0.39 is 0 Å². The smallest absolute Gasteiger partial charge is 0.339 e. The molecule has 0 fully saturated rings. The Morgan fingerprint density at radius 2 is 1.88 bits per heavy atom. The number of hydrogen-bond acceptors (Lipinski definition) is 5. The molecule has 1 aromatic heterocycles. The zero-order valence-corrected chi connectivity index (χ0v) is 18.0. The van der Waals surface area contributed by atoms with Crippen molar-refractivity contribution in [2.45, 2.75) is 25.5 Å². The second-order valence-corrected chi connectivity index (χ2v) is 8.01. The summed E-state index contributed by atoms with van der Waals surface area (Å²) < 4.78 is 7.28. The third-order valence-corrected chi connectivity index (χ3v) is 5.84.